The summed E-state index contributed by atoms with van der Waals surface area (Å²) in [6.45, 7) is 1.84. The van der Waals surface area contributed by atoms with Crippen LogP contribution >= 0.6 is 0 Å². The van der Waals surface area contributed by atoms with Gasteiger partial charge in [0, 0.05) is 38.1 Å². The smallest absolute Gasteiger partial charge is 0.254 e. The molecular formula is C27H25N5O3. The molecule has 1 aromatic carbocycles. The number of pyridine rings is 2. The molecule has 0 spiro atoms. The lowest BCUT2D eigenvalue weighted by Gasteiger charge is -2.24. The standard InChI is InChI=1S/C27H25N5O3/c1-32(2)27(33)18-3-5-22(31-16-18)25-14-23-26(35-25)21(9-12-30-23)17-4-6-24(19(13-17)15-28)34-20-7-10-29-11-8-20/h3-6,9,12-14,16,20,29H,7-8,10-11H2,1-2H3. The summed E-state index contributed by atoms with van der Waals surface area (Å²) < 4.78 is 12.3. The molecule has 4 heterocycles. The minimum Gasteiger partial charge on any atom is -0.489 e. The van der Waals surface area contributed by atoms with Gasteiger partial charge in [0.1, 0.15) is 29.1 Å². The van der Waals surface area contributed by atoms with Crippen molar-refractivity contribution in [3.8, 4) is 34.4 Å². The quantitative estimate of drug-likeness (QED) is 0.468. The van der Waals surface area contributed by atoms with Crippen molar-refractivity contribution in [1.29, 1.82) is 5.26 Å². The molecule has 0 aliphatic carbocycles. The molecule has 35 heavy (non-hydrogen) atoms. The number of amides is 1. The summed E-state index contributed by atoms with van der Waals surface area (Å²) in [6, 6.07) is 15.1. The Morgan fingerprint density at radius 3 is 2.69 bits per heavy atom. The Bertz CT molecular complexity index is 1410. The number of ether oxygens (including phenoxy) is 1. The van der Waals surface area contributed by atoms with Gasteiger partial charge in [-0.1, -0.05) is 6.07 Å². The van der Waals surface area contributed by atoms with Crippen LogP contribution < -0.4 is 10.1 Å². The number of furan rings is 1. The van der Waals surface area contributed by atoms with E-state index in [-0.39, 0.29) is 12.0 Å². The summed E-state index contributed by atoms with van der Waals surface area (Å²) in [5, 5.41) is 13.1. The maximum Gasteiger partial charge on any atom is 0.254 e. The zero-order valence-corrected chi connectivity index (χ0v) is 19.6. The molecule has 0 saturated carbocycles. The van der Waals surface area contributed by atoms with Crippen LogP contribution in [0, 0.1) is 11.3 Å². The molecule has 176 valence electrons. The zero-order valence-electron chi connectivity index (χ0n) is 19.6. The SMILES string of the molecule is CN(C)C(=O)c1ccc(-c2cc3nccc(-c4ccc(OC5CCNCC5)c(C#N)c4)c3o2)nc1. The van der Waals surface area contributed by atoms with Gasteiger partial charge in [0.15, 0.2) is 11.3 Å². The summed E-state index contributed by atoms with van der Waals surface area (Å²) in [6.07, 6.45) is 5.21. The minimum atomic E-state index is -0.113. The van der Waals surface area contributed by atoms with E-state index in [4.69, 9.17) is 9.15 Å². The number of fused-ring (bicyclic) bond motifs is 1. The first-order chi connectivity index (χ1) is 17.0. The molecule has 0 bridgehead atoms. The number of aromatic nitrogens is 2. The minimum absolute atomic E-state index is 0.112. The fourth-order valence-electron chi connectivity index (χ4n) is 4.20. The third-order valence-corrected chi connectivity index (χ3v) is 6.07. The van der Waals surface area contributed by atoms with Crippen LogP contribution in [0.4, 0.5) is 0 Å². The maximum atomic E-state index is 12.1. The van der Waals surface area contributed by atoms with E-state index in [1.807, 2.05) is 30.3 Å². The van der Waals surface area contributed by atoms with Crippen LogP contribution in [0.1, 0.15) is 28.8 Å². The average molecular weight is 468 g/mol. The van der Waals surface area contributed by atoms with Gasteiger partial charge in [-0.3, -0.25) is 14.8 Å². The molecule has 1 aliphatic heterocycles. The monoisotopic (exact) mass is 467 g/mol. The molecule has 1 aliphatic rings. The van der Waals surface area contributed by atoms with Gasteiger partial charge in [0.2, 0.25) is 0 Å². The number of nitriles is 1. The first-order valence-corrected chi connectivity index (χ1v) is 11.5. The molecular weight excluding hydrogens is 442 g/mol. The van der Waals surface area contributed by atoms with Crippen molar-refractivity contribution >= 4 is 17.0 Å². The van der Waals surface area contributed by atoms with Gasteiger partial charge < -0.3 is 19.4 Å². The molecule has 1 amide bonds. The second-order valence-corrected chi connectivity index (χ2v) is 8.71. The Kier molecular flexibility index (Phi) is 6.17. The largest absolute Gasteiger partial charge is 0.489 e. The molecule has 1 N–H and O–H groups in total. The van der Waals surface area contributed by atoms with E-state index >= 15 is 0 Å². The van der Waals surface area contributed by atoms with E-state index < -0.39 is 0 Å². The summed E-state index contributed by atoms with van der Waals surface area (Å²) in [5.74, 6) is 1.04. The van der Waals surface area contributed by atoms with E-state index in [0.717, 1.165) is 37.1 Å². The number of rotatable bonds is 5. The molecule has 0 atom stereocenters. The Morgan fingerprint density at radius 2 is 1.97 bits per heavy atom. The lowest BCUT2D eigenvalue weighted by Crippen LogP contribution is -2.34. The van der Waals surface area contributed by atoms with Crippen molar-refractivity contribution in [2.75, 3.05) is 27.2 Å². The van der Waals surface area contributed by atoms with E-state index in [1.54, 1.807) is 38.6 Å². The second-order valence-electron chi connectivity index (χ2n) is 8.71. The Balaban J connectivity index is 1.46. The highest BCUT2D eigenvalue weighted by molar-refractivity contribution is 5.94. The van der Waals surface area contributed by atoms with Crippen molar-refractivity contribution in [3.63, 3.8) is 0 Å². The average Bonchev–Trinajstić information content (AvgIpc) is 3.34. The third kappa shape index (κ3) is 4.59. The normalized spacial score (nSPS) is 14.0. The van der Waals surface area contributed by atoms with Crippen LogP contribution in [0.25, 0.3) is 33.7 Å². The summed E-state index contributed by atoms with van der Waals surface area (Å²) >= 11 is 0. The summed E-state index contributed by atoms with van der Waals surface area (Å²) in [4.78, 5) is 22.5. The second kappa shape index (κ2) is 9.57. The number of carbonyl (C=O) groups is 1. The molecule has 5 rings (SSSR count). The van der Waals surface area contributed by atoms with E-state index in [9.17, 15) is 10.1 Å². The molecule has 1 saturated heterocycles. The van der Waals surface area contributed by atoms with Crippen LogP contribution in [0.5, 0.6) is 5.75 Å². The van der Waals surface area contributed by atoms with Gasteiger partial charge in [-0.25, -0.2) is 0 Å². The van der Waals surface area contributed by atoms with Gasteiger partial charge >= 0.3 is 0 Å². The molecule has 3 aromatic heterocycles. The molecule has 8 heteroatoms. The first kappa shape index (κ1) is 22.6. The predicted molar refractivity (Wildman–Crippen MR) is 132 cm³/mol. The van der Waals surface area contributed by atoms with E-state index in [0.29, 0.717) is 39.4 Å². The van der Waals surface area contributed by atoms with Crippen molar-refractivity contribution in [2.24, 2.45) is 0 Å². The molecule has 0 radical (unpaired) electrons. The first-order valence-electron chi connectivity index (χ1n) is 11.5. The lowest BCUT2D eigenvalue weighted by molar-refractivity contribution is 0.0827. The maximum absolute atomic E-state index is 12.1. The highest BCUT2D eigenvalue weighted by atomic mass is 16.5. The molecule has 0 unspecified atom stereocenters. The number of hydrogen-bond acceptors (Lipinski definition) is 7. The Hall–Kier alpha value is -4.22. The highest BCUT2D eigenvalue weighted by Crippen LogP contribution is 2.35. The number of nitrogens with one attached hydrogen (secondary N) is 1. The van der Waals surface area contributed by atoms with Crippen molar-refractivity contribution in [2.45, 2.75) is 18.9 Å². The number of nitrogens with zero attached hydrogens (tertiary/aromatic N) is 4. The van der Waals surface area contributed by atoms with Gasteiger partial charge in [-0.05, 0) is 61.8 Å². The fourth-order valence-corrected chi connectivity index (χ4v) is 4.20. The van der Waals surface area contributed by atoms with Crippen molar-refractivity contribution in [1.82, 2.24) is 20.2 Å². The third-order valence-electron chi connectivity index (χ3n) is 6.07. The predicted octanol–water partition coefficient (Wildman–Crippen LogP) is 4.26. The Labute approximate surface area is 203 Å². The van der Waals surface area contributed by atoms with Crippen molar-refractivity contribution < 1.29 is 13.9 Å². The highest BCUT2D eigenvalue weighted by Gasteiger charge is 2.19. The summed E-state index contributed by atoms with van der Waals surface area (Å²) in [5.41, 5.74) is 4.55. The van der Waals surface area contributed by atoms with Gasteiger partial charge in [0.25, 0.3) is 5.91 Å². The van der Waals surface area contributed by atoms with Crippen LogP contribution in [0.15, 0.2) is 59.3 Å². The lowest BCUT2D eigenvalue weighted by atomic mass is 10.0. The van der Waals surface area contributed by atoms with E-state index in [2.05, 4.69) is 21.4 Å². The zero-order chi connectivity index (χ0) is 24.4. The van der Waals surface area contributed by atoms with Crippen LogP contribution in [-0.2, 0) is 0 Å². The van der Waals surface area contributed by atoms with Gasteiger partial charge in [-0.15, -0.1) is 0 Å². The molecule has 4 aromatic rings. The fraction of sp³-hybridized carbons (Fsp3) is 0.259. The number of hydrogen-bond donors (Lipinski definition) is 1. The van der Waals surface area contributed by atoms with Crippen LogP contribution in [0.3, 0.4) is 0 Å². The number of benzene rings is 1. The Morgan fingerprint density at radius 1 is 1.14 bits per heavy atom. The molecule has 8 nitrogen and oxygen atoms in total. The van der Waals surface area contributed by atoms with Crippen LogP contribution in [0.2, 0.25) is 0 Å². The van der Waals surface area contributed by atoms with E-state index in [1.165, 1.54) is 4.90 Å². The topological polar surface area (TPSA) is 104 Å². The molecule has 1 fully saturated rings. The number of piperidine rings is 1. The summed E-state index contributed by atoms with van der Waals surface area (Å²) in [7, 11) is 3.40. The van der Waals surface area contributed by atoms with Crippen molar-refractivity contribution in [3.05, 3.63) is 66.0 Å². The number of carbonyl (C=O) groups excluding carboxylic acids is 1. The van der Waals surface area contributed by atoms with Gasteiger partial charge in [0.05, 0.1) is 11.1 Å². The van der Waals surface area contributed by atoms with Gasteiger partial charge in [-0.2, -0.15) is 5.26 Å². The van der Waals surface area contributed by atoms with Crippen LogP contribution in [-0.4, -0.2) is 54.1 Å².